The number of aryl methyl sites for hydroxylation is 2. The standard InChI is InChI=1S/C30H44N6O6S/c1-6-9-24-27-28(35(5)34-24)30(38)33-29(32-27)23-18-22(11-12-25(23)41-8-3)43(39,40)36-16-14-20(15-17-36)10-13-26(37)42-19-21(7-2)31-4/h11-12,18,20-21,31H,6-10,13-17,19H2,1-5H3,(H,32,33,38). The predicted molar refractivity (Wildman–Crippen MR) is 165 cm³/mol. The van der Waals surface area contributed by atoms with Crippen molar-refractivity contribution in [1.82, 2.24) is 29.4 Å². The van der Waals surface area contributed by atoms with Crippen molar-refractivity contribution < 1.29 is 22.7 Å². The van der Waals surface area contributed by atoms with E-state index in [-0.39, 0.29) is 34.2 Å². The lowest BCUT2D eigenvalue weighted by molar-refractivity contribution is -0.144. The van der Waals surface area contributed by atoms with Crippen LogP contribution < -0.4 is 15.6 Å². The zero-order valence-corrected chi connectivity index (χ0v) is 26.6. The summed E-state index contributed by atoms with van der Waals surface area (Å²) in [4.78, 5) is 32.9. The summed E-state index contributed by atoms with van der Waals surface area (Å²) in [5, 5.41) is 7.59. The summed E-state index contributed by atoms with van der Waals surface area (Å²) in [6.45, 7) is 7.33. The molecule has 1 atom stereocenters. The summed E-state index contributed by atoms with van der Waals surface area (Å²) in [6.07, 6.45) is 4.70. The minimum Gasteiger partial charge on any atom is -0.493 e. The van der Waals surface area contributed by atoms with Gasteiger partial charge in [0.25, 0.3) is 5.56 Å². The molecule has 4 rings (SSSR count). The van der Waals surface area contributed by atoms with Crippen LogP contribution in [-0.4, -0.2) is 77.8 Å². The lowest BCUT2D eigenvalue weighted by Crippen LogP contribution is -2.38. The Morgan fingerprint density at radius 2 is 1.95 bits per heavy atom. The molecule has 2 aromatic heterocycles. The summed E-state index contributed by atoms with van der Waals surface area (Å²) < 4.78 is 41.7. The molecule has 0 aliphatic carbocycles. The number of hydrogen-bond donors (Lipinski definition) is 2. The van der Waals surface area contributed by atoms with Crippen molar-refractivity contribution in [2.24, 2.45) is 13.0 Å². The minimum atomic E-state index is -3.83. The summed E-state index contributed by atoms with van der Waals surface area (Å²) in [7, 11) is -0.271. The lowest BCUT2D eigenvalue weighted by atomic mass is 9.93. The number of rotatable bonds is 14. The molecular weight excluding hydrogens is 572 g/mol. The van der Waals surface area contributed by atoms with Crippen LogP contribution in [0.2, 0.25) is 0 Å². The highest BCUT2D eigenvalue weighted by atomic mass is 32.2. The number of H-pyrrole nitrogens is 1. The number of ether oxygens (including phenoxy) is 2. The van der Waals surface area contributed by atoms with Gasteiger partial charge in [-0.2, -0.15) is 9.40 Å². The molecule has 1 saturated heterocycles. The third-order valence-corrected chi connectivity index (χ3v) is 9.96. The highest BCUT2D eigenvalue weighted by molar-refractivity contribution is 7.89. The first-order valence-electron chi connectivity index (χ1n) is 15.2. The molecule has 1 aromatic carbocycles. The SMILES string of the molecule is CCCc1nn(C)c2c(=O)[nH]c(-c3cc(S(=O)(=O)N4CCC(CCC(=O)OCC(CC)NC)CC4)ccc3OCC)nc12. The number of carbonyl (C=O) groups excluding carboxylic acids is 1. The van der Waals surface area contributed by atoms with Gasteiger partial charge in [-0.3, -0.25) is 14.3 Å². The van der Waals surface area contributed by atoms with Gasteiger partial charge in [0.1, 0.15) is 23.7 Å². The van der Waals surface area contributed by atoms with Crippen LogP contribution in [-0.2, 0) is 33.0 Å². The number of nitrogens with one attached hydrogen (secondary N) is 2. The highest BCUT2D eigenvalue weighted by Crippen LogP contribution is 2.33. The normalized spacial score (nSPS) is 15.6. The number of nitrogens with zero attached hydrogens (tertiary/aromatic N) is 4. The van der Waals surface area contributed by atoms with Gasteiger partial charge in [0.05, 0.1) is 22.8 Å². The van der Waals surface area contributed by atoms with Crippen LogP contribution in [0.4, 0.5) is 0 Å². The van der Waals surface area contributed by atoms with Gasteiger partial charge in [-0.15, -0.1) is 0 Å². The third-order valence-electron chi connectivity index (χ3n) is 8.07. The van der Waals surface area contributed by atoms with Gasteiger partial charge < -0.3 is 19.8 Å². The summed E-state index contributed by atoms with van der Waals surface area (Å²) >= 11 is 0. The second-order valence-corrected chi connectivity index (χ2v) is 12.9. The van der Waals surface area contributed by atoms with Crippen LogP contribution >= 0.6 is 0 Å². The summed E-state index contributed by atoms with van der Waals surface area (Å²) in [5.41, 5.74) is 1.62. The number of aromatic amines is 1. The van der Waals surface area contributed by atoms with Crippen molar-refractivity contribution in [3.63, 3.8) is 0 Å². The molecule has 0 spiro atoms. The van der Waals surface area contributed by atoms with Crippen molar-refractivity contribution in [1.29, 1.82) is 0 Å². The summed E-state index contributed by atoms with van der Waals surface area (Å²) in [5.74, 6) is 0.687. The maximum absolute atomic E-state index is 13.7. The smallest absolute Gasteiger partial charge is 0.305 e. The molecule has 1 unspecified atom stereocenters. The second-order valence-electron chi connectivity index (χ2n) is 11.0. The van der Waals surface area contributed by atoms with E-state index >= 15 is 0 Å². The predicted octanol–water partition coefficient (Wildman–Crippen LogP) is 3.40. The molecule has 0 bridgehead atoms. The van der Waals surface area contributed by atoms with Crippen LogP contribution in [0.1, 0.15) is 65.0 Å². The zero-order chi connectivity index (χ0) is 31.1. The average Bonchev–Trinajstić information content (AvgIpc) is 3.32. The van der Waals surface area contributed by atoms with E-state index in [1.807, 2.05) is 27.8 Å². The fraction of sp³-hybridized carbons (Fsp3) is 0.600. The quantitative estimate of drug-likeness (QED) is 0.260. The Morgan fingerprint density at radius 3 is 2.60 bits per heavy atom. The second kappa shape index (κ2) is 14.5. The molecule has 0 radical (unpaired) electrons. The number of fused-ring (bicyclic) bond motifs is 1. The molecule has 3 aromatic rings. The molecule has 43 heavy (non-hydrogen) atoms. The maximum Gasteiger partial charge on any atom is 0.305 e. The van der Waals surface area contributed by atoms with E-state index < -0.39 is 10.0 Å². The van der Waals surface area contributed by atoms with E-state index in [0.717, 1.165) is 12.8 Å². The van der Waals surface area contributed by atoms with E-state index in [1.54, 1.807) is 13.1 Å². The monoisotopic (exact) mass is 616 g/mol. The first-order valence-corrected chi connectivity index (χ1v) is 16.6. The van der Waals surface area contributed by atoms with Crippen molar-refractivity contribution >= 4 is 27.0 Å². The summed E-state index contributed by atoms with van der Waals surface area (Å²) in [6, 6.07) is 4.82. The van der Waals surface area contributed by atoms with Gasteiger partial charge in [0, 0.05) is 32.6 Å². The van der Waals surface area contributed by atoms with E-state index in [1.165, 1.54) is 21.1 Å². The number of esters is 1. The molecule has 12 nitrogen and oxygen atoms in total. The zero-order valence-electron chi connectivity index (χ0n) is 25.8. The first kappa shape index (κ1) is 32.6. The average molecular weight is 617 g/mol. The molecule has 1 aliphatic rings. The number of hydrogen-bond acceptors (Lipinski definition) is 9. The fourth-order valence-corrected chi connectivity index (χ4v) is 6.99. The molecule has 0 saturated carbocycles. The molecule has 0 amide bonds. The third kappa shape index (κ3) is 7.44. The molecule has 3 heterocycles. The number of piperidine rings is 1. The Balaban J connectivity index is 1.51. The van der Waals surface area contributed by atoms with Crippen molar-refractivity contribution in [3.8, 4) is 17.1 Å². The Morgan fingerprint density at radius 1 is 1.21 bits per heavy atom. The molecule has 1 fully saturated rings. The van der Waals surface area contributed by atoms with Gasteiger partial charge in [-0.25, -0.2) is 13.4 Å². The van der Waals surface area contributed by atoms with E-state index in [0.29, 0.717) is 86.4 Å². The van der Waals surface area contributed by atoms with E-state index in [9.17, 15) is 18.0 Å². The van der Waals surface area contributed by atoms with Gasteiger partial charge in [0.15, 0.2) is 5.52 Å². The largest absolute Gasteiger partial charge is 0.493 e. The number of carbonyl (C=O) groups is 1. The molecule has 2 N–H and O–H groups in total. The Labute approximate surface area is 253 Å². The van der Waals surface area contributed by atoms with Crippen LogP contribution in [0.5, 0.6) is 5.75 Å². The number of aromatic nitrogens is 4. The Kier molecular flexibility index (Phi) is 11.0. The van der Waals surface area contributed by atoms with Gasteiger partial charge in [0.2, 0.25) is 10.0 Å². The molecular formula is C30H44N6O6S. The number of benzene rings is 1. The van der Waals surface area contributed by atoms with E-state index in [4.69, 9.17) is 14.5 Å². The molecule has 236 valence electrons. The van der Waals surface area contributed by atoms with Gasteiger partial charge in [-0.05, 0) is 70.2 Å². The minimum absolute atomic E-state index is 0.103. The number of sulfonamides is 1. The van der Waals surface area contributed by atoms with Gasteiger partial charge >= 0.3 is 5.97 Å². The Bertz CT molecular complexity index is 1570. The van der Waals surface area contributed by atoms with Gasteiger partial charge in [-0.1, -0.05) is 20.3 Å². The molecule has 1 aliphatic heterocycles. The Hall–Kier alpha value is -3.29. The van der Waals surface area contributed by atoms with Crippen molar-refractivity contribution in [2.45, 2.75) is 76.7 Å². The molecule has 13 heteroatoms. The highest BCUT2D eigenvalue weighted by Gasteiger charge is 2.31. The van der Waals surface area contributed by atoms with Crippen molar-refractivity contribution in [2.75, 3.05) is 33.4 Å². The maximum atomic E-state index is 13.7. The fourth-order valence-electron chi connectivity index (χ4n) is 5.50. The lowest BCUT2D eigenvalue weighted by Gasteiger charge is -2.31. The van der Waals surface area contributed by atoms with Crippen LogP contribution in [0.25, 0.3) is 22.4 Å². The number of likely N-dealkylation sites (N-methyl/N-ethyl adjacent to an activating group) is 1. The van der Waals surface area contributed by atoms with Crippen LogP contribution in [0.3, 0.4) is 0 Å². The van der Waals surface area contributed by atoms with Crippen LogP contribution in [0.15, 0.2) is 27.9 Å². The van der Waals surface area contributed by atoms with Crippen molar-refractivity contribution in [3.05, 3.63) is 34.2 Å². The van der Waals surface area contributed by atoms with Crippen LogP contribution in [0, 0.1) is 5.92 Å². The topological polar surface area (TPSA) is 149 Å². The van der Waals surface area contributed by atoms with E-state index in [2.05, 4.69) is 15.4 Å². The first-order chi connectivity index (χ1) is 20.6.